The van der Waals surface area contributed by atoms with Crippen molar-refractivity contribution in [3.05, 3.63) is 59.2 Å². The van der Waals surface area contributed by atoms with Gasteiger partial charge in [-0.2, -0.15) is 0 Å². The van der Waals surface area contributed by atoms with E-state index in [2.05, 4.69) is 22.1 Å². The van der Waals surface area contributed by atoms with E-state index in [-0.39, 0.29) is 11.0 Å². The zero-order chi connectivity index (χ0) is 14.2. The van der Waals surface area contributed by atoms with Gasteiger partial charge in [0.25, 0.3) is 0 Å². The Balaban J connectivity index is 2.07. The molecule has 4 nitrogen and oxygen atoms in total. The van der Waals surface area contributed by atoms with Gasteiger partial charge in [-0.1, -0.05) is 36.8 Å². The van der Waals surface area contributed by atoms with Gasteiger partial charge in [0.1, 0.15) is 5.82 Å². The predicted octanol–water partition coefficient (Wildman–Crippen LogP) is 2.95. The van der Waals surface area contributed by atoms with Gasteiger partial charge in [0.2, 0.25) is 0 Å². The summed E-state index contributed by atoms with van der Waals surface area (Å²) in [5, 5.41) is 9.07. The molecule has 1 saturated carbocycles. The Morgan fingerprint density at radius 1 is 1.25 bits per heavy atom. The third kappa shape index (κ3) is 1.88. The summed E-state index contributed by atoms with van der Waals surface area (Å²) in [6.45, 7) is 1.73. The average Bonchev–Trinajstić information content (AvgIpc) is 2.38. The van der Waals surface area contributed by atoms with Crippen LogP contribution in [0.2, 0.25) is 0 Å². The number of hydrogen-bond acceptors (Lipinski definition) is 3. The topological polar surface area (TPSA) is 63.1 Å². The van der Waals surface area contributed by atoms with Crippen molar-refractivity contribution in [2.75, 3.05) is 0 Å². The van der Waals surface area contributed by atoms with Crippen LogP contribution in [0.3, 0.4) is 0 Å². The number of aryl methyl sites for hydroxylation is 1. The van der Waals surface area contributed by atoms with Crippen molar-refractivity contribution in [3.8, 4) is 0 Å². The second-order valence-corrected chi connectivity index (χ2v) is 5.30. The molecule has 4 heteroatoms. The van der Waals surface area contributed by atoms with Crippen LogP contribution in [0.4, 0.5) is 0 Å². The van der Waals surface area contributed by atoms with Gasteiger partial charge in [0.15, 0.2) is 0 Å². The van der Waals surface area contributed by atoms with E-state index >= 15 is 0 Å². The number of carbonyl (C=O) groups is 1. The highest BCUT2D eigenvalue weighted by Crippen LogP contribution is 2.47. The maximum absolute atomic E-state index is 11.1. The van der Waals surface area contributed by atoms with Crippen molar-refractivity contribution in [2.45, 2.75) is 31.6 Å². The quantitative estimate of drug-likeness (QED) is 0.929. The summed E-state index contributed by atoms with van der Waals surface area (Å²) in [6, 6.07) is 10.2. The van der Waals surface area contributed by atoms with Crippen LogP contribution < -0.4 is 0 Å². The smallest absolute Gasteiger partial charge is 0.339 e. The Morgan fingerprint density at radius 3 is 2.45 bits per heavy atom. The minimum absolute atomic E-state index is 0.136. The summed E-state index contributed by atoms with van der Waals surface area (Å²) in [6.07, 6.45) is 4.62. The fourth-order valence-corrected chi connectivity index (χ4v) is 2.84. The molecule has 1 aromatic carbocycles. The van der Waals surface area contributed by atoms with Crippen LogP contribution in [0.1, 0.15) is 46.7 Å². The molecular weight excluding hydrogens is 252 g/mol. The van der Waals surface area contributed by atoms with Gasteiger partial charge in [-0.05, 0) is 25.3 Å². The molecule has 0 atom stereocenters. The van der Waals surface area contributed by atoms with Crippen LogP contribution in [0.25, 0.3) is 0 Å². The largest absolute Gasteiger partial charge is 0.478 e. The van der Waals surface area contributed by atoms with Gasteiger partial charge in [-0.15, -0.1) is 0 Å². The van der Waals surface area contributed by atoms with E-state index in [4.69, 9.17) is 5.11 Å². The van der Waals surface area contributed by atoms with Gasteiger partial charge in [0.05, 0.1) is 16.7 Å². The molecule has 0 amide bonds. The van der Waals surface area contributed by atoms with Crippen LogP contribution in [-0.2, 0) is 5.41 Å². The lowest BCUT2D eigenvalue weighted by Gasteiger charge is -2.41. The summed E-state index contributed by atoms with van der Waals surface area (Å²) in [7, 11) is 0. The predicted molar refractivity (Wildman–Crippen MR) is 74.8 cm³/mol. The van der Waals surface area contributed by atoms with Gasteiger partial charge < -0.3 is 5.11 Å². The molecule has 1 aliphatic carbocycles. The Kier molecular flexibility index (Phi) is 3.01. The van der Waals surface area contributed by atoms with Crippen molar-refractivity contribution in [1.82, 2.24) is 9.97 Å². The van der Waals surface area contributed by atoms with Crippen LogP contribution in [0, 0.1) is 6.92 Å². The van der Waals surface area contributed by atoms with Crippen molar-refractivity contribution in [1.29, 1.82) is 0 Å². The standard InChI is InChI=1S/C16H16N2O2/c1-11-13(14(19)20)10-17-15(18-11)16(8-5-9-16)12-6-3-2-4-7-12/h2-4,6-7,10H,5,8-9H2,1H3,(H,19,20). The molecule has 2 aromatic rings. The zero-order valence-corrected chi connectivity index (χ0v) is 11.3. The second kappa shape index (κ2) is 4.71. The van der Waals surface area contributed by atoms with E-state index in [9.17, 15) is 4.79 Å². The first-order chi connectivity index (χ1) is 9.63. The highest BCUT2D eigenvalue weighted by atomic mass is 16.4. The first kappa shape index (κ1) is 12.8. The molecule has 1 heterocycles. The zero-order valence-electron chi connectivity index (χ0n) is 11.3. The molecule has 0 radical (unpaired) electrons. The molecule has 3 rings (SSSR count). The van der Waals surface area contributed by atoms with Gasteiger partial charge >= 0.3 is 5.97 Å². The van der Waals surface area contributed by atoms with Crippen molar-refractivity contribution < 1.29 is 9.90 Å². The lowest BCUT2D eigenvalue weighted by atomic mass is 9.64. The van der Waals surface area contributed by atoms with E-state index in [1.807, 2.05) is 18.2 Å². The Morgan fingerprint density at radius 2 is 1.95 bits per heavy atom. The minimum atomic E-state index is -0.976. The molecule has 1 aliphatic rings. The fraction of sp³-hybridized carbons (Fsp3) is 0.312. The summed E-state index contributed by atoms with van der Waals surface area (Å²) >= 11 is 0. The van der Waals surface area contributed by atoms with Crippen molar-refractivity contribution >= 4 is 5.97 Å². The number of hydrogen-bond donors (Lipinski definition) is 1. The van der Waals surface area contributed by atoms with Crippen LogP contribution in [0.15, 0.2) is 36.5 Å². The van der Waals surface area contributed by atoms with Crippen LogP contribution in [-0.4, -0.2) is 21.0 Å². The van der Waals surface area contributed by atoms with E-state index in [1.165, 1.54) is 11.8 Å². The molecule has 0 aliphatic heterocycles. The average molecular weight is 268 g/mol. The number of aromatic carboxylic acids is 1. The third-order valence-electron chi connectivity index (χ3n) is 4.17. The minimum Gasteiger partial charge on any atom is -0.478 e. The highest BCUT2D eigenvalue weighted by molar-refractivity contribution is 5.88. The number of carboxylic acids is 1. The maximum Gasteiger partial charge on any atom is 0.339 e. The molecule has 1 fully saturated rings. The Hall–Kier alpha value is -2.23. The van der Waals surface area contributed by atoms with Gasteiger partial charge in [-0.25, -0.2) is 14.8 Å². The monoisotopic (exact) mass is 268 g/mol. The number of carboxylic acid groups (broad SMARTS) is 1. The third-order valence-corrected chi connectivity index (χ3v) is 4.17. The number of benzene rings is 1. The fourth-order valence-electron chi connectivity index (χ4n) is 2.84. The summed E-state index contributed by atoms with van der Waals surface area (Å²) < 4.78 is 0. The molecular formula is C16H16N2O2. The Bertz CT molecular complexity index is 649. The first-order valence-electron chi connectivity index (χ1n) is 6.76. The van der Waals surface area contributed by atoms with Crippen molar-refractivity contribution in [2.24, 2.45) is 0 Å². The number of nitrogens with zero attached hydrogens (tertiary/aromatic N) is 2. The first-order valence-corrected chi connectivity index (χ1v) is 6.76. The van der Waals surface area contributed by atoms with E-state index < -0.39 is 5.97 Å². The van der Waals surface area contributed by atoms with Crippen LogP contribution >= 0.6 is 0 Å². The van der Waals surface area contributed by atoms with E-state index in [0.29, 0.717) is 5.69 Å². The SMILES string of the molecule is Cc1nc(C2(c3ccccc3)CCC2)ncc1C(=O)O. The summed E-state index contributed by atoms with van der Waals surface area (Å²) in [5.74, 6) is -0.228. The number of rotatable bonds is 3. The van der Waals surface area contributed by atoms with Gasteiger partial charge in [0, 0.05) is 6.20 Å². The molecule has 0 spiro atoms. The van der Waals surface area contributed by atoms with Crippen molar-refractivity contribution in [3.63, 3.8) is 0 Å². The molecule has 20 heavy (non-hydrogen) atoms. The summed E-state index contributed by atoms with van der Waals surface area (Å²) in [5.41, 5.74) is 1.79. The summed E-state index contributed by atoms with van der Waals surface area (Å²) in [4.78, 5) is 19.9. The lowest BCUT2D eigenvalue weighted by molar-refractivity contribution is 0.0694. The molecule has 0 saturated heterocycles. The highest BCUT2D eigenvalue weighted by Gasteiger charge is 2.43. The number of aromatic nitrogens is 2. The normalized spacial score (nSPS) is 16.4. The van der Waals surface area contributed by atoms with E-state index in [0.717, 1.165) is 25.1 Å². The second-order valence-electron chi connectivity index (χ2n) is 5.30. The molecule has 102 valence electrons. The molecule has 0 unspecified atom stereocenters. The molecule has 0 bridgehead atoms. The van der Waals surface area contributed by atoms with E-state index in [1.54, 1.807) is 6.92 Å². The van der Waals surface area contributed by atoms with Gasteiger partial charge in [-0.3, -0.25) is 0 Å². The maximum atomic E-state index is 11.1. The molecule has 1 N–H and O–H groups in total. The Labute approximate surface area is 117 Å². The molecule has 1 aromatic heterocycles. The van der Waals surface area contributed by atoms with Crippen LogP contribution in [0.5, 0.6) is 0 Å². The lowest BCUT2D eigenvalue weighted by Crippen LogP contribution is -2.37.